The molecule has 1 aliphatic heterocycles. The van der Waals surface area contributed by atoms with Crippen LogP contribution in [0.3, 0.4) is 0 Å². The quantitative estimate of drug-likeness (QED) is 0.0585. The van der Waals surface area contributed by atoms with E-state index in [9.17, 15) is 14.4 Å². The number of pyridine rings is 1. The molecule has 2 heterocycles. The van der Waals surface area contributed by atoms with Crippen LogP contribution in [0.25, 0.3) is 11.3 Å². The van der Waals surface area contributed by atoms with Gasteiger partial charge in [0.2, 0.25) is 0 Å². The van der Waals surface area contributed by atoms with Crippen molar-refractivity contribution in [2.24, 2.45) is 0 Å². The van der Waals surface area contributed by atoms with E-state index in [-0.39, 0.29) is 30.2 Å². The second-order valence-corrected chi connectivity index (χ2v) is 16.9. The van der Waals surface area contributed by atoms with Gasteiger partial charge in [-0.2, -0.15) is 0 Å². The van der Waals surface area contributed by atoms with E-state index < -0.39 is 5.60 Å². The Morgan fingerprint density at radius 3 is 2.19 bits per heavy atom. The fraction of sp³-hybridized carbons (Fsp3) is 0.480. The van der Waals surface area contributed by atoms with E-state index in [4.69, 9.17) is 28.7 Å². The maximum absolute atomic E-state index is 13.8. The molecule has 62 heavy (non-hydrogen) atoms. The minimum absolute atomic E-state index is 0.0367. The van der Waals surface area contributed by atoms with Crippen molar-refractivity contribution in [1.29, 1.82) is 0 Å². The highest BCUT2D eigenvalue weighted by atomic mass is 16.6. The fourth-order valence-electron chi connectivity index (χ4n) is 7.82. The lowest BCUT2D eigenvalue weighted by Gasteiger charge is -2.29. The molecular weight excluding hydrogens is 785 g/mol. The number of amides is 2. The van der Waals surface area contributed by atoms with Gasteiger partial charge in [0.1, 0.15) is 5.60 Å². The van der Waals surface area contributed by atoms with E-state index >= 15 is 0 Å². The van der Waals surface area contributed by atoms with E-state index in [2.05, 4.69) is 45.9 Å². The van der Waals surface area contributed by atoms with Crippen LogP contribution < -0.4 is 15.5 Å². The Balaban J connectivity index is 0.959. The Bertz CT molecular complexity index is 2060. The van der Waals surface area contributed by atoms with Crippen LogP contribution in [-0.4, -0.2) is 94.3 Å². The van der Waals surface area contributed by atoms with Gasteiger partial charge >= 0.3 is 5.97 Å². The van der Waals surface area contributed by atoms with Crippen molar-refractivity contribution in [2.45, 2.75) is 90.2 Å². The average molecular weight is 849 g/mol. The van der Waals surface area contributed by atoms with Crippen molar-refractivity contribution < 1.29 is 38.1 Å². The lowest BCUT2D eigenvalue weighted by molar-refractivity contribution is -0.156. The van der Waals surface area contributed by atoms with Gasteiger partial charge in [-0.3, -0.25) is 19.4 Å². The van der Waals surface area contributed by atoms with Crippen LogP contribution in [0.5, 0.6) is 0 Å². The van der Waals surface area contributed by atoms with E-state index in [0.717, 1.165) is 74.8 Å². The second-order valence-electron chi connectivity index (χ2n) is 16.9. The topological polar surface area (TPSA) is 138 Å². The number of nitrogens with zero attached hydrogens (tertiary/aromatic N) is 2. The predicted octanol–water partition coefficient (Wildman–Crippen LogP) is 8.53. The molecule has 6 rings (SSSR count). The van der Waals surface area contributed by atoms with Gasteiger partial charge < -0.3 is 39.2 Å². The monoisotopic (exact) mass is 848 g/mol. The number of fused-ring (bicyclic) bond motifs is 1. The molecule has 3 aromatic carbocycles. The molecule has 1 saturated heterocycles. The zero-order valence-corrected chi connectivity index (χ0v) is 36.8. The molecule has 1 fully saturated rings. The molecule has 0 radical (unpaired) electrons. The predicted molar refractivity (Wildman–Crippen MR) is 242 cm³/mol. The molecule has 12 heteroatoms. The summed E-state index contributed by atoms with van der Waals surface area (Å²) in [7, 11) is 0. The van der Waals surface area contributed by atoms with Crippen LogP contribution in [0, 0.1) is 0 Å². The zero-order chi connectivity index (χ0) is 43.6. The number of hydrogen-bond acceptors (Lipinski definition) is 10. The van der Waals surface area contributed by atoms with Crippen molar-refractivity contribution in [1.82, 2.24) is 10.3 Å². The first-order chi connectivity index (χ1) is 30.1. The third kappa shape index (κ3) is 14.8. The fourth-order valence-corrected chi connectivity index (χ4v) is 7.82. The Kier molecular flexibility index (Phi) is 17.9. The summed E-state index contributed by atoms with van der Waals surface area (Å²) >= 11 is 0. The SMILES string of the molecule is CC(C)(C)OC(=O)CCOCCOCCOCCOCCCc1cccc(C(=O)Nc2ccc(N3CCCCC3)cc2-c2cc(C(=O)NC3CCCc4ccccc43)ccn2)c1. The Morgan fingerprint density at radius 1 is 0.726 bits per heavy atom. The van der Waals surface area contributed by atoms with Crippen LogP contribution in [0.4, 0.5) is 11.4 Å². The van der Waals surface area contributed by atoms with Crippen LogP contribution in [0.2, 0.25) is 0 Å². The number of hydrogen-bond donors (Lipinski definition) is 2. The van der Waals surface area contributed by atoms with Gasteiger partial charge in [-0.1, -0.05) is 36.4 Å². The molecule has 0 saturated carbocycles. The number of benzene rings is 3. The molecule has 2 N–H and O–H groups in total. The average Bonchev–Trinajstić information content (AvgIpc) is 3.27. The molecule has 12 nitrogen and oxygen atoms in total. The highest BCUT2D eigenvalue weighted by molar-refractivity contribution is 6.06. The van der Waals surface area contributed by atoms with E-state index in [1.807, 2.05) is 63.2 Å². The summed E-state index contributed by atoms with van der Waals surface area (Å²) in [4.78, 5) is 46.3. The van der Waals surface area contributed by atoms with Gasteiger partial charge in [0.05, 0.1) is 70.1 Å². The van der Waals surface area contributed by atoms with Crippen LogP contribution in [0.1, 0.15) is 109 Å². The smallest absolute Gasteiger partial charge is 0.308 e. The summed E-state index contributed by atoms with van der Waals surface area (Å²) in [5, 5.41) is 6.45. The Morgan fingerprint density at radius 2 is 1.44 bits per heavy atom. The number of piperidine rings is 1. The number of nitrogens with one attached hydrogen (secondary N) is 2. The molecule has 1 aromatic heterocycles. The van der Waals surface area contributed by atoms with Crippen molar-refractivity contribution in [2.75, 3.05) is 76.2 Å². The maximum Gasteiger partial charge on any atom is 0.308 e. The third-order valence-electron chi connectivity index (χ3n) is 10.9. The number of carbonyl (C=O) groups is 3. The Hall–Kier alpha value is -5.14. The number of anilines is 2. The number of carbonyl (C=O) groups excluding carboxylic acids is 3. The molecule has 0 bridgehead atoms. The van der Waals surface area contributed by atoms with Gasteiger partial charge in [0.25, 0.3) is 11.8 Å². The highest BCUT2D eigenvalue weighted by Crippen LogP contribution is 2.34. The summed E-state index contributed by atoms with van der Waals surface area (Å²) < 4.78 is 27.6. The van der Waals surface area contributed by atoms with Gasteiger partial charge in [0.15, 0.2) is 0 Å². The van der Waals surface area contributed by atoms with Gasteiger partial charge in [-0.15, -0.1) is 0 Å². The maximum atomic E-state index is 13.8. The lowest BCUT2D eigenvalue weighted by Crippen LogP contribution is -2.31. The largest absolute Gasteiger partial charge is 0.460 e. The summed E-state index contributed by atoms with van der Waals surface area (Å²) in [6.45, 7) is 11.0. The number of aromatic nitrogens is 1. The molecule has 2 amide bonds. The zero-order valence-electron chi connectivity index (χ0n) is 36.8. The van der Waals surface area contributed by atoms with Crippen LogP contribution >= 0.6 is 0 Å². The van der Waals surface area contributed by atoms with Crippen LogP contribution in [-0.2, 0) is 41.3 Å². The molecule has 2 aliphatic rings. The number of ether oxygens (including phenoxy) is 5. The van der Waals surface area contributed by atoms with E-state index in [0.29, 0.717) is 75.4 Å². The van der Waals surface area contributed by atoms with Gasteiger partial charge in [-0.25, -0.2) is 0 Å². The molecule has 1 atom stereocenters. The van der Waals surface area contributed by atoms with E-state index in [1.165, 1.54) is 17.5 Å². The molecule has 1 aliphatic carbocycles. The highest BCUT2D eigenvalue weighted by Gasteiger charge is 2.23. The van der Waals surface area contributed by atoms with Gasteiger partial charge in [0, 0.05) is 48.3 Å². The standard InChI is InChI=1S/C50H64N4O8/c1-50(2,3)62-47(55)22-27-59-29-31-61-33-32-60-30-28-58-26-11-13-37-12-9-16-39(34-37)48(56)53-45-20-19-41(54-24-7-4-8-25-54)36-43(45)46-35-40(21-23-51-46)49(57)52-44-18-10-15-38-14-5-6-17-42(38)44/h5-6,9,12,14,16-17,19-21,23,34-36,44H,4,7-8,10-11,13,15,18,22,24-33H2,1-3H3,(H,52,57)(H,53,56). The minimum Gasteiger partial charge on any atom is -0.460 e. The summed E-state index contributed by atoms with van der Waals surface area (Å²) in [6, 6.07) is 25.7. The minimum atomic E-state index is -0.491. The van der Waals surface area contributed by atoms with E-state index in [1.54, 1.807) is 12.3 Å². The molecule has 332 valence electrons. The van der Waals surface area contributed by atoms with Crippen molar-refractivity contribution in [3.05, 3.63) is 113 Å². The molecule has 4 aromatic rings. The normalized spacial score (nSPS) is 15.1. The number of esters is 1. The summed E-state index contributed by atoms with van der Waals surface area (Å²) in [6.07, 6.45) is 9.91. The molecular formula is C50H64N4O8. The second kappa shape index (κ2) is 23.9. The first-order valence-electron chi connectivity index (χ1n) is 22.3. The van der Waals surface area contributed by atoms with Crippen molar-refractivity contribution in [3.8, 4) is 11.3 Å². The molecule has 0 spiro atoms. The summed E-state index contributed by atoms with van der Waals surface area (Å²) in [5.74, 6) is -0.628. The third-order valence-corrected chi connectivity index (χ3v) is 10.9. The number of rotatable bonds is 22. The van der Waals surface area contributed by atoms with Crippen molar-refractivity contribution in [3.63, 3.8) is 0 Å². The number of aryl methyl sites for hydroxylation is 2. The lowest BCUT2D eigenvalue weighted by atomic mass is 9.87. The first kappa shape index (κ1) is 46.4. The van der Waals surface area contributed by atoms with Crippen LogP contribution in [0.15, 0.2) is 85.1 Å². The molecule has 1 unspecified atom stereocenters. The van der Waals surface area contributed by atoms with Gasteiger partial charge in [-0.05, 0) is 131 Å². The summed E-state index contributed by atoms with van der Waals surface area (Å²) in [5.41, 5.74) is 7.22. The first-order valence-corrected chi connectivity index (χ1v) is 22.3. The Labute approximate surface area is 367 Å². The van der Waals surface area contributed by atoms with Crippen molar-refractivity contribution >= 4 is 29.2 Å².